The van der Waals surface area contributed by atoms with Crippen LogP contribution in [-0.2, 0) is 48.1 Å². The zero-order chi connectivity index (χ0) is 110. The van der Waals surface area contributed by atoms with Gasteiger partial charge in [-0.15, -0.1) is 12.1 Å². The number of esters is 9. The Labute approximate surface area is 758 Å². The van der Waals surface area contributed by atoms with E-state index in [9.17, 15) is 51.9 Å². The molecule has 0 saturated carbocycles. The van der Waals surface area contributed by atoms with Gasteiger partial charge < -0.3 is 92.4 Å². The Morgan fingerprint density at radius 3 is 1.35 bits per heavy atom. The summed E-state index contributed by atoms with van der Waals surface area (Å²) in [4.78, 5) is 101. The fourth-order valence-corrected chi connectivity index (χ4v) is 7.26. The van der Waals surface area contributed by atoms with Crippen LogP contribution in [0.3, 0.4) is 0 Å². The van der Waals surface area contributed by atoms with Gasteiger partial charge >= 0.3 is 123 Å². The van der Waals surface area contributed by atoms with Crippen LogP contribution in [0.1, 0.15) is 186 Å². The zero-order valence-electron chi connectivity index (χ0n) is 97.5. The van der Waals surface area contributed by atoms with Crippen LogP contribution in [0.25, 0.3) is 0 Å². The van der Waals surface area contributed by atoms with Gasteiger partial charge in [0.1, 0.15) is 25.5 Å². The molecule has 2 N–H and O–H groups in total. The first-order chi connectivity index (χ1) is 63.8. The van der Waals surface area contributed by atoms with Gasteiger partial charge in [0.15, 0.2) is 0 Å². The third kappa shape index (κ3) is 34.6. The molecule has 6 aliphatic heterocycles. The summed E-state index contributed by atoms with van der Waals surface area (Å²) in [5, 5.41) is 10.3. The third-order valence-electron chi connectivity index (χ3n) is 9.96. The van der Waals surface area contributed by atoms with E-state index in [2.05, 4.69) is 100 Å². The summed E-state index contributed by atoms with van der Waals surface area (Å²) in [7, 11) is 2.53. The fraction of sp³-hybridized carbons (Fsp3) is 0.194. The molecule has 0 radical (unpaired) electrons. The Morgan fingerprint density at radius 1 is 0.529 bits per heavy atom. The standard InChI is InChI=1S/3C8H5BrO2.3C8H4O3.C6H4BrF.C6H4F.C5H13NO.C5H12N.C2H7N.2BrH.3Mg.2H/c3*9-6-1-2-7-5(3-6)4-11-8(7)10;3*9-7-5-3-1-2-4-6(5)8(10)11-7;7-5-1-3-6(8)4-2-5;7-6-4-2-1-3-5-6;1-6(2)4-3-5-7;1-4-5-6(2)3;1-3-2;;;;;;;/h3*1-3H,4H2;3*1-4H;1-4H;2-5H;7H,3-5H2,1-2H3;1,4-5H2,2-3H3;3H,1-2H3;2*1H;;;;;/q;;;;;;;-1;;-1;;;;3*+2;2*-1/p-2/i1D,2D,3D,4D2;1D,2D,3D;4D2;2*1D,2D,3D,4D;;1D,2D,3D,4D;2D,3D,4D,5D;3D2,4D2,5D2;2D3,3D3;1D3,2D3;;;;;;;. The molecular weight excluding hydrogens is 1750 g/mol. The third-order valence-corrected chi connectivity index (χ3v) is 11.6. The normalized spacial score (nSPS) is 20.3. The van der Waals surface area contributed by atoms with Gasteiger partial charge in [0.25, 0.3) is 0 Å². The maximum absolute atomic E-state index is 12.8. The molecule has 30 heteroatoms. The van der Waals surface area contributed by atoms with E-state index < -0.39 is 229 Å². The van der Waals surface area contributed by atoms with Gasteiger partial charge in [-0.05, 0) is 179 Å². The van der Waals surface area contributed by atoms with E-state index in [1.165, 1.54) is 19.4 Å². The first-order valence-corrected chi connectivity index (χ1v) is 28.5. The van der Waals surface area contributed by atoms with Crippen LogP contribution >= 0.6 is 63.7 Å². The Bertz CT molecular complexity index is 5940. The second kappa shape index (κ2) is 53.3. The number of aliphatic hydroxyl groups is 1. The number of benzene rings is 8. The number of hydrogen-bond acceptors (Lipinski definition) is 19. The first-order valence-electron chi connectivity index (χ1n) is 47.3. The molecule has 8 aromatic carbocycles. The number of hydrogen-bond donors (Lipinski definition) is 2. The van der Waals surface area contributed by atoms with Gasteiger partial charge in [-0.2, -0.15) is 24.6 Å². The van der Waals surface area contributed by atoms with Crippen molar-refractivity contribution in [1.82, 2.24) is 15.1 Å². The van der Waals surface area contributed by atoms with Crippen LogP contribution in [0, 0.1) is 24.6 Å². The number of ether oxygens (including phenoxy) is 6. The summed E-state index contributed by atoms with van der Waals surface area (Å²) in [6.07, 6.45) is -2.74. The number of halogens is 8. The van der Waals surface area contributed by atoms with Crippen molar-refractivity contribution < 1.29 is 183 Å². The molecule has 0 spiro atoms. The molecule has 0 aliphatic carbocycles. The molecule has 0 bridgehead atoms. The SMILES string of the molecule is O=C1OC(=O)c2ccccc21.[2H]C([2H])(O)C([2H])([2H])C([2H])([2H])N(C)C.[2H]C([2H])([2H])N(CC[CH2-])C([2H])([2H])[2H].[2H]C([2H])([2H])NC([2H])([2H])[2H].[2H]C1([2H])OC(=O)c2ccc(Br)cc21.[2H]c1[c-]c([2H])c([2H])c(F)c1[2H].[2H]c1c([2H])c(Br)c([2H])c([2H])c1F.[2H]c1c([2H])c([2H])c2c(c1[2H])C(=O)OC2=O.[2H]c1c([2H])c([2H])c2c(c1[2H])C(=O)OC2=O.[2H]c1c([2H])c2c(c([2H])c1Br)C([2H])([2H])OC2=O.[2H]c1c([2H])c2c(c([2H])c1Br)COC2=O.[Br-].[Br-].[H-].[H-].[Mg+2].[Mg+2].[Mg+2]. The van der Waals surface area contributed by atoms with E-state index in [0.717, 1.165) is 9.37 Å². The van der Waals surface area contributed by atoms with Crippen molar-refractivity contribution >= 4 is 187 Å². The first kappa shape index (κ1) is 45.9. The molecular formula is C72H69Br6F2Mg3N3O16. The summed E-state index contributed by atoms with van der Waals surface area (Å²) >= 11 is 12.0. The van der Waals surface area contributed by atoms with Gasteiger partial charge in [0, 0.05) is 71.6 Å². The molecule has 6 aliphatic rings. The fourth-order valence-electron chi connectivity index (χ4n) is 6.06. The second-order valence-corrected chi connectivity index (χ2v) is 20.0. The number of cyclic esters (lactones) is 9. The van der Waals surface area contributed by atoms with Crippen LogP contribution in [0.15, 0.2) is 193 Å². The van der Waals surface area contributed by atoms with Crippen molar-refractivity contribution in [2.75, 3.05) is 61.6 Å². The second-order valence-electron chi connectivity index (χ2n) is 16.7. The summed E-state index contributed by atoms with van der Waals surface area (Å²) in [6, 6.07) is 3.28. The number of nitrogens with one attached hydrogen (secondary N) is 1. The Hall–Kier alpha value is -5.53. The average Bonchev–Trinajstić information content (AvgIpc) is 1.60. The summed E-state index contributed by atoms with van der Waals surface area (Å²) in [5.41, 5.74) is -0.399. The summed E-state index contributed by atoms with van der Waals surface area (Å²) in [5.74, 6) is -9.66. The quantitative estimate of drug-likeness (QED) is 0.0569. The predicted molar refractivity (Wildman–Crippen MR) is 391 cm³/mol. The minimum Gasteiger partial charge on any atom is -1.00 e. The van der Waals surface area contributed by atoms with Crippen LogP contribution in [0.4, 0.5) is 8.78 Å². The van der Waals surface area contributed by atoms with Crippen molar-refractivity contribution in [3.05, 3.63) is 285 Å². The van der Waals surface area contributed by atoms with E-state index in [4.69, 9.17) is 70.2 Å². The molecule has 14 rings (SSSR count). The summed E-state index contributed by atoms with van der Waals surface area (Å²) in [6.45, 7) is -17.1. The van der Waals surface area contributed by atoms with E-state index in [1.54, 1.807) is 42.5 Å². The van der Waals surface area contributed by atoms with Gasteiger partial charge in [-0.1, -0.05) is 100 Å². The van der Waals surface area contributed by atoms with E-state index in [-0.39, 0.29) is 214 Å². The largest absolute Gasteiger partial charge is 2.00 e. The maximum atomic E-state index is 12.8. The molecule has 8 aromatic rings. The van der Waals surface area contributed by atoms with Crippen molar-refractivity contribution in [2.45, 2.75) is 32.5 Å². The smallest absolute Gasteiger partial charge is 1.00 e. The van der Waals surface area contributed by atoms with Crippen molar-refractivity contribution in [1.29, 1.82) is 0 Å². The molecule has 530 valence electrons. The Morgan fingerprint density at radius 2 is 0.941 bits per heavy atom. The topological polar surface area (TPSA) is 248 Å². The van der Waals surface area contributed by atoms with E-state index in [1.807, 2.05) is 0 Å². The van der Waals surface area contributed by atoms with E-state index >= 15 is 0 Å². The Balaban J connectivity index is -0.000000769. The van der Waals surface area contributed by atoms with Gasteiger partial charge in [0.05, 0.1) is 83.0 Å². The van der Waals surface area contributed by atoms with Crippen molar-refractivity contribution in [3.63, 3.8) is 0 Å². The van der Waals surface area contributed by atoms with Crippen LogP contribution in [0.2, 0.25) is 0 Å². The monoisotopic (exact) mass is 1860 g/mol. The molecule has 19 nitrogen and oxygen atoms in total. The Kier molecular flexibility index (Phi) is 23.9. The van der Waals surface area contributed by atoms with E-state index in [0.29, 0.717) is 27.2 Å². The molecule has 102 heavy (non-hydrogen) atoms. The predicted octanol–water partition coefficient (Wildman–Crippen LogP) is 7.19. The number of carbonyl (C=O) groups excluding carboxylic acids is 9. The van der Waals surface area contributed by atoms with Crippen LogP contribution in [-0.4, -0.2) is 199 Å². The van der Waals surface area contributed by atoms with Crippen LogP contribution in [0.5, 0.6) is 0 Å². The molecule has 0 amide bonds. The molecule has 0 fully saturated rings. The number of fused-ring (bicyclic) bond motifs is 6. The molecule has 0 unspecified atom stereocenters. The minimum absolute atomic E-state index is 0. The molecule has 0 aromatic heterocycles. The summed E-state index contributed by atoms with van der Waals surface area (Å²) < 4.78 is 365. The van der Waals surface area contributed by atoms with Gasteiger partial charge in [-0.3, -0.25) is 0 Å². The molecule has 0 atom stereocenters. The van der Waals surface area contributed by atoms with Gasteiger partial charge in [-0.25, -0.2) is 51.9 Å². The number of nitrogens with zero attached hydrogens (tertiary/aromatic N) is 2. The molecule has 0 saturated heterocycles. The minimum atomic E-state index is -3.22. The van der Waals surface area contributed by atoms with Gasteiger partial charge in [0.2, 0.25) is 0 Å². The zero-order valence-corrected chi connectivity index (χ0v) is 65.2. The van der Waals surface area contributed by atoms with Crippen molar-refractivity contribution in [2.24, 2.45) is 0 Å². The van der Waals surface area contributed by atoms with Crippen LogP contribution < -0.4 is 39.3 Å². The molecule has 6 heterocycles. The number of carbonyl (C=O) groups is 9. The average molecular weight is 1870 g/mol. The maximum Gasteiger partial charge on any atom is 2.00 e. The number of rotatable bonds is 5. The van der Waals surface area contributed by atoms with Crippen molar-refractivity contribution in [3.8, 4) is 0 Å².